The molecule has 186 valence electrons. The Hall–Kier alpha value is -2.61. The molecule has 1 heterocycles. The van der Waals surface area contributed by atoms with Crippen LogP contribution in [0.15, 0.2) is 30.3 Å². The van der Waals surface area contributed by atoms with Crippen molar-refractivity contribution >= 4 is 35.3 Å². The van der Waals surface area contributed by atoms with Crippen molar-refractivity contribution in [2.75, 3.05) is 12.4 Å². The summed E-state index contributed by atoms with van der Waals surface area (Å²) in [5.41, 5.74) is 0.841. The van der Waals surface area contributed by atoms with Crippen molar-refractivity contribution < 1.29 is 23.9 Å². The van der Waals surface area contributed by atoms with E-state index in [9.17, 15) is 19.2 Å². The third-order valence-electron chi connectivity index (χ3n) is 6.64. The lowest BCUT2D eigenvalue weighted by Crippen LogP contribution is -2.53. The van der Waals surface area contributed by atoms with Gasteiger partial charge in [0.1, 0.15) is 12.6 Å². The number of ketones is 1. The van der Waals surface area contributed by atoms with Crippen LogP contribution in [0, 0.1) is 11.8 Å². The van der Waals surface area contributed by atoms with Crippen LogP contribution in [0.25, 0.3) is 0 Å². The van der Waals surface area contributed by atoms with Crippen LogP contribution in [0.3, 0.4) is 0 Å². The maximum atomic E-state index is 13.2. The van der Waals surface area contributed by atoms with E-state index >= 15 is 0 Å². The third-order valence-corrected chi connectivity index (χ3v) is 6.90. The van der Waals surface area contributed by atoms with Gasteiger partial charge in [-0.15, -0.1) is 11.6 Å². The molecule has 1 aliphatic heterocycles. The molecule has 3 rings (SSSR count). The summed E-state index contributed by atoms with van der Waals surface area (Å²) in [4.78, 5) is 50.2. The lowest BCUT2D eigenvalue weighted by molar-refractivity contribution is -0.129. The van der Waals surface area contributed by atoms with Crippen molar-refractivity contribution in [2.45, 2.75) is 70.1 Å². The number of amides is 3. The molecule has 1 saturated carbocycles. The highest BCUT2D eigenvalue weighted by Crippen LogP contribution is 2.27. The lowest BCUT2D eigenvalue weighted by Gasteiger charge is -2.28. The number of halogens is 1. The maximum Gasteiger partial charge on any atom is 0.408 e. The summed E-state index contributed by atoms with van der Waals surface area (Å²) in [5.74, 6) is -1.23. The number of carbonyl (C=O) groups is 4. The van der Waals surface area contributed by atoms with Gasteiger partial charge in [0.2, 0.25) is 11.8 Å². The number of alkyl halides is 1. The smallest absolute Gasteiger partial charge is 0.408 e. The van der Waals surface area contributed by atoms with Crippen molar-refractivity contribution in [3.05, 3.63) is 35.9 Å². The van der Waals surface area contributed by atoms with Gasteiger partial charge in [-0.1, -0.05) is 62.4 Å². The minimum atomic E-state index is -0.880. The van der Waals surface area contributed by atoms with E-state index in [1.807, 2.05) is 30.3 Å². The molecule has 3 N–H and O–H groups in total. The van der Waals surface area contributed by atoms with Crippen LogP contribution < -0.4 is 16.0 Å². The van der Waals surface area contributed by atoms with E-state index in [2.05, 4.69) is 16.0 Å². The van der Waals surface area contributed by atoms with Crippen molar-refractivity contribution in [3.63, 3.8) is 0 Å². The van der Waals surface area contributed by atoms with Gasteiger partial charge in [0.15, 0.2) is 5.78 Å². The first-order chi connectivity index (χ1) is 16.5. The van der Waals surface area contributed by atoms with Gasteiger partial charge >= 0.3 is 6.09 Å². The Balaban J connectivity index is 1.64. The van der Waals surface area contributed by atoms with Crippen LogP contribution >= 0.6 is 11.6 Å². The molecule has 2 fully saturated rings. The normalized spacial score (nSPS) is 20.1. The first kappa shape index (κ1) is 26.0. The van der Waals surface area contributed by atoms with Gasteiger partial charge in [-0.2, -0.15) is 0 Å². The fourth-order valence-electron chi connectivity index (χ4n) is 4.69. The second-order valence-electron chi connectivity index (χ2n) is 9.17. The molecule has 2 aliphatic rings. The zero-order chi connectivity index (χ0) is 24.3. The molecule has 1 aromatic carbocycles. The van der Waals surface area contributed by atoms with Gasteiger partial charge in [-0.05, 0) is 30.7 Å². The zero-order valence-corrected chi connectivity index (χ0v) is 20.1. The van der Waals surface area contributed by atoms with E-state index in [1.165, 1.54) is 6.42 Å². The summed E-state index contributed by atoms with van der Waals surface area (Å²) in [7, 11) is 0. The molecule has 1 saturated heterocycles. The van der Waals surface area contributed by atoms with E-state index in [0.29, 0.717) is 25.3 Å². The monoisotopic (exact) mass is 491 g/mol. The number of Topliss-reactive ketones (excluding diaryl/α,β-unsaturated/α-hetero) is 1. The van der Waals surface area contributed by atoms with Crippen molar-refractivity contribution in [1.82, 2.24) is 16.0 Å². The summed E-state index contributed by atoms with van der Waals surface area (Å²) in [6.07, 6.45) is 5.95. The Labute approximate surface area is 205 Å². The summed E-state index contributed by atoms with van der Waals surface area (Å²) in [6.45, 7) is 0.646. The number of hydrogen-bond donors (Lipinski definition) is 3. The number of hydrogen-bond acceptors (Lipinski definition) is 5. The summed E-state index contributed by atoms with van der Waals surface area (Å²) < 4.78 is 5.32. The van der Waals surface area contributed by atoms with Crippen molar-refractivity contribution in [3.8, 4) is 0 Å². The van der Waals surface area contributed by atoms with Gasteiger partial charge in [-0.25, -0.2) is 4.79 Å². The second kappa shape index (κ2) is 13.3. The van der Waals surface area contributed by atoms with Gasteiger partial charge < -0.3 is 20.7 Å². The Bertz CT molecular complexity index is 844. The Morgan fingerprint density at radius 1 is 1.00 bits per heavy atom. The highest BCUT2D eigenvalue weighted by molar-refractivity contribution is 6.28. The fraction of sp³-hybridized carbons (Fsp3) is 0.600. The molecule has 34 heavy (non-hydrogen) atoms. The Morgan fingerprint density at radius 3 is 2.38 bits per heavy atom. The number of ether oxygens (including phenoxy) is 1. The van der Waals surface area contributed by atoms with Crippen LogP contribution in [-0.2, 0) is 25.7 Å². The van der Waals surface area contributed by atoms with Crippen LogP contribution in [0.5, 0.6) is 0 Å². The molecule has 1 aromatic rings. The predicted octanol–water partition coefficient (Wildman–Crippen LogP) is 3.07. The van der Waals surface area contributed by atoms with Gasteiger partial charge in [0.05, 0.1) is 11.9 Å². The molecule has 0 radical (unpaired) electrons. The third kappa shape index (κ3) is 8.01. The topological polar surface area (TPSA) is 114 Å². The fourth-order valence-corrected chi connectivity index (χ4v) is 4.87. The maximum absolute atomic E-state index is 13.2. The van der Waals surface area contributed by atoms with Crippen LogP contribution in [0.1, 0.15) is 56.9 Å². The quantitative estimate of drug-likeness (QED) is 0.412. The first-order valence-electron chi connectivity index (χ1n) is 12.1. The van der Waals surface area contributed by atoms with Crippen molar-refractivity contribution in [2.24, 2.45) is 11.8 Å². The second-order valence-corrected chi connectivity index (χ2v) is 9.44. The average Bonchev–Trinajstić information content (AvgIpc) is 3.26. The predicted molar refractivity (Wildman–Crippen MR) is 128 cm³/mol. The van der Waals surface area contributed by atoms with E-state index in [-0.39, 0.29) is 36.5 Å². The van der Waals surface area contributed by atoms with E-state index in [0.717, 1.165) is 31.2 Å². The molecule has 9 heteroatoms. The van der Waals surface area contributed by atoms with Crippen LogP contribution in [0.2, 0.25) is 0 Å². The van der Waals surface area contributed by atoms with E-state index in [1.54, 1.807) is 0 Å². The Morgan fingerprint density at radius 2 is 1.74 bits per heavy atom. The lowest BCUT2D eigenvalue weighted by atomic mass is 9.84. The summed E-state index contributed by atoms with van der Waals surface area (Å²) >= 11 is 5.78. The molecular formula is C25H34ClN3O5. The molecule has 0 unspecified atom stereocenters. The minimum absolute atomic E-state index is 0.0919. The first-order valence-corrected chi connectivity index (χ1v) is 12.6. The van der Waals surface area contributed by atoms with Gasteiger partial charge in [0.25, 0.3) is 0 Å². The zero-order valence-electron chi connectivity index (χ0n) is 19.4. The molecule has 3 amide bonds. The average molecular weight is 492 g/mol. The minimum Gasteiger partial charge on any atom is -0.445 e. The van der Waals surface area contributed by atoms with Crippen molar-refractivity contribution in [1.29, 1.82) is 0 Å². The molecule has 1 aliphatic carbocycles. The van der Waals surface area contributed by atoms with Gasteiger partial charge in [0, 0.05) is 12.5 Å². The highest BCUT2D eigenvalue weighted by Gasteiger charge is 2.33. The number of benzene rings is 1. The number of alkyl carbamates (subject to hydrolysis) is 1. The van der Waals surface area contributed by atoms with Crippen LogP contribution in [0.4, 0.5) is 4.79 Å². The number of carbonyl (C=O) groups excluding carboxylic acids is 4. The molecular weight excluding hydrogens is 458 g/mol. The van der Waals surface area contributed by atoms with E-state index in [4.69, 9.17) is 16.3 Å². The Kier molecular flexibility index (Phi) is 10.2. The molecule has 0 bridgehead atoms. The SMILES string of the molecule is O=C(N[C@@H](CC1CCCCC1)C(=O)N[C@@H](C[C@@H]1CCNC1=O)C(=O)CCl)OCc1ccccc1. The molecule has 3 atom stereocenters. The van der Waals surface area contributed by atoms with Gasteiger partial charge in [-0.3, -0.25) is 14.4 Å². The summed E-state index contributed by atoms with van der Waals surface area (Å²) in [6, 6.07) is 7.57. The van der Waals surface area contributed by atoms with E-state index < -0.39 is 24.1 Å². The largest absolute Gasteiger partial charge is 0.445 e. The number of nitrogens with one attached hydrogen (secondary N) is 3. The van der Waals surface area contributed by atoms with Crippen LogP contribution in [-0.4, -0.2) is 48.2 Å². The molecule has 0 spiro atoms. The molecule has 0 aromatic heterocycles. The highest BCUT2D eigenvalue weighted by atomic mass is 35.5. The summed E-state index contributed by atoms with van der Waals surface area (Å²) in [5, 5.41) is 8.21. The number of rotatable bonds is 11. The standard InChI is InChI=1S/C25H34ClN3O5/c26-15-22(30)20(14-19-11-12-27-23(19)31)28-24(32)21(13-17-7-3-1-4-8-17)29-25(33)34-16-18-9-5-2-6-10-18/h2,5-6,9-10,17,19-21H,1,3-4,7-8,11-16H2,(H,27,31)(H,28,32)(H,29,33)/t19-,20-,21-/m0/s1. The molecule has 8 nitrogen and oxygen atoms in total.